The summed E-state index contributed by atoms with van der Waals surface area (Å²) in [5.74, 6) is -0.595. The Morgan fingerprint density at radius 1 is 1.00 bits per heavy atom. The van der Waals surface area contributed by atoms with Crippen molar-refractivity contribution < 1.29 is 19.3 Å². The summed E-state index contributed by atoms with van der Waals surface area (Å²) in [6, 6.07) is 3.50. The summed E-state index contributed by atoms with van der Waals surface area (Å²) < 4.78 is 0. The predicted octanol–water partition coefficient (Wildman–Crippen LogP) is -0.0892. The first-order valence-corrected chi connectivity index (χ1v) is 7.99. The fourth-order valence-corrected chi connectivity index (χ4v) is 2.55. The monoisotopic (exact) mass is 335 g/mol. The molecule has 0 aliphatic heterocycles. The molecule has 0 saturated heterocycles. The molecule has 0 aliphatic rings. The highest BCUT2D eigenvalue weighted by molar-refractivity contribution is 5.95. The van der Waals surface area contributed by atoms with Gasteiger partial charge in [0.1, 0.15) is 0 Å². The molecule has 0 spiro atoms. The third-order valence-electron chi connectivity index (χ3n) is 3.46. The Hall–Kier alpha value is -2.41. The van der Waals surface area contributed by atoms with E-state index in [1.807, 2.05) is 32.9 Å². The lowest BCUT2D eigenvalue weighted by Crippen LogP contribution is -3.11. The van der Waals surface area contributed by atoms with E-state index >= 15 is 0 Å². The molecule has 24 heavy (non-hydrogen) atoms. The van der Waals surface area contributed by atoms with Crippen LogP contribution in [0.4, 0.5) is 10.5 Å². The minimum absolute atomic E-state index is 0.0381. The summed E-state index contributed by atoms with van der Waals surface area (Å²) in [6.07, 6.45) is 0. The van der Waals surface area contributed by atoms with Gasteiger partial charge in [0.05, 0.1) is 7.05 Å². The lowest BCUT2D eigenvalue weighted by atomic mass is 10.1. The van der Waals surface area contributed by atoms with Crippen LogP contribution in [-0.4, -0.2) is 44.5 Å². The Kier molecular flexibility index (Phi) is 7.38. The quantitative estimate of drug-likeness (QED) is 0.586. The van der Waals surface area contributed by atoms with Crippen molar-refractivity contribution in [1.82, 2.24) is 10.6 Å². The zero-order valence-corrected chi connectivity index (χ0v) is 15.0. The fourth-order valence-electron chi connectivity index (χ4n) is 2.55. The number of imide groups is 1. The van der Waals surface area contributed by atoms with Gasteiger partial charge in [0.25, 0.3) is 11.8 Å². The van der Waals surface area contributed by atoms with E-state index in [0.29, 0.717) is 11.4 Å². The smallest absolute Gasteiger partial charge is 0.321 e. The number of rotatable bonds is 6. The number of carbonyl (C=O) groups excluding carboxylic acids is 3. The summed E-state index contributed by atoms with van der Waals surface area (Å²) in [4.78, 5) is 35.8. The summed E-state index contributed by atoms with van der Waals surface area (Å²) in [6.45, 7) is 8.29. The van der Waals surface area contributed by atoms with E-state index in [0.717, 1.165) is 22.4 Å². The van der Waals surface area contributed by atoms with Crippen LogP contribution in [0.2, 0.25) is 0 Å². The van der Waals surface area contributed by atoms with Gasteiger partial charge in [-0.15, -0.1) is 0 Å². The number of urea groups is 1. The zero-order chi connectivity index (χ0) is 18.3. The number of likely N-dealkylation sites (N-methyl/N-ethyl adjacent to an activating group) is 1. The van der Waals surface area contributed by atoms with Crippen molar-refractivity contribution >= 4 is 23.5 Å². The third kappa shape index (κ3) is 6.37. The van der Waals surface area contributed by atoms with Gasteiger partial charge in [0, 0.05) is 12.2 Å². The number of benzene rings is 1. The molecule has 1 rings (SSSR count). The number of anilines is 1. The van der Waals surface area contributed by atoms with Crippen LogP contribution in [-0.2, 0) is 9.59 Å². The maximum absolute atomic E-state index is 12.2. The second-order valence-corrected chi connectivity index (χ2v) is 6.04. The average Bonchev–Trinajstić information content (AvgIpc) is 2.42. The normalized spacial score (nSPS) is 11.5. The van der Waals surface area contributed by atoms with Crippen molar-refractivity contribution in [3.63, 3.8) is 0 Å². The van der Waals surface area contributed by atoms with Crippen LogP contribution in [0, 0.1) is 20.8 Å². The van der Waals surface area contributed by atoms with E-state index < -0.39 is 11.9 Å². The van der Waals surface area contributed by atoms with Crippen LogP contribution in [0.3, 0.4) is 0 Å². The van der Waals surface area contributed by atoms with Gasteiger partial charge in [-0.3, -0.25) is 14.9 Å². The van der Waals surface area contributed by atoms with Crippen LogP contribution in [0.1, 0.15) is 23.6 Å². The molecule has 1 aromatic rings. The molecule has 4 amide bonds. The summed E-state index contributed by atoms with van der Waals surface area (Å²) in [5, 5.41) is 7.60. The van der Waals surface area contributed by atoms with Crippen LogP contribution in [0.25, 0.3) is 0 Å². The minimum Gasteiger partial charge on any atom is -0.338 e. The topological polar surface area (TPSA) is 91.7 Å². The maximum atomic E-state index is 12.2. The first kappa shape index (κ1) is 19.6. The molecule has 0 saturated carbocycles. The second kappa shape index (κ2) is 9.02. The molecule has 1 unspecified atom stereocenters. The SMILES string of the molecule is CCNC(=O)NC(=O)C[NH+](C)CC(=O)Nc1c(C)cc(C)cc1C. The highest BCUT2D eigenvalue weighted by atomic mass is 16.2. The standard InChI is InChI=1S/C17H26N4O3/c1-6-18-17(24)20-15(23)10-21(5)9-14(22)19-16-12(3)7-11(2)8-13(16)4/h7-8H,6,9-10H2,1-5H3,(H,19,22)(H2,18,20,23,24)/p+1. The third-order valence-corrected chi connectivity index (χ3v) is 3.46. The van der Waals surface area contributed by atoms with E-state index in [1.165, 1.54) is 0 Å². The predicted molar refractivity (Wildman–Crippen MR) is 93.1 cm³/mol. The molecule has 0 aromatic heterocycles. The maximum Gasteiger partial charge on any atom is 0.321 e. The van der Waals surface area contributed by atoms with Crippen LogP contribution >= 0.6 is 0 Å². The summed E-state index contributed by atoms with van der Waals surface area (Å²) in [7, 11) is 1.73. The van der Waals surface area contributed by atoms with Crippen molar-refractivity contribution in [2.75, 3.05) is 32.0 Å². The van der Waals surface area contributed by atoms with Gasteiger partial charge in [-0.05, 0) is 38.8 Å². The molecule has 0 heterocycles. The number of carbonyl (C=O) groups is 3. The van der Waals surface area contributed by atoms with Crippen LogP contribution in [0.5, 0.6) is 0 Å². The first-order valence-electron chi connectivity index (χ1n) is 7.99. The second-order valence-electron chi connectivity index (χ2n) is 6.04. The Balaban J connectivity index is 2.53. The molecular formula is C17H27N4O3+. The van der Waals surface area contributed by atoms with Crippen molar-refractivity contribution in [1.29, 1.82) is 0 Å². The van der Waals surface area contributed by atoms with Gasteiger partial charge in [0.2, 0.25) is 0 Å². The minimum atomic E-state index is -0.523. The highest BCUT2D eigenvalue weighted by Gasteiger charge is 2.17. The van der Waals surface area contributed by atoms with E-state index in [-0.39, 0.29) is 19.0 Å². The molecule has 1 atom stereocenters. The zero-order valence-electron chi connectivity index (χ0n) is 15.0. The largest absolute Gasteiger partial charge is 0.338 e. The summed E-state index contributed by atoms with van der Waals surface area (Å²) >= 11 is 0. The van der Waals surface area contributed by atoms with Gasteiger partial charge in [-0.25, -0.2) is 4.79 Å². The van der Waals surface area contributed by atoms with E-state index in [4.69, 9.17) is 0 Å². The molecule has 7 heteroatoms. The fraction of sp³-hybridized carbons (Fsp3) is 0.471. The molecule has 0 bridgehead atoms. The molecule has 0 fully saturated rings. The summed E-state index contributed by atoms with van der Waals surface area (Å²) in [5.41, 5.74) is 3.97. The van der Waals surface area contributed by atoms with E-state index in [9.17, 15) is 14.4 Å². The lowest BCUT2D eigenvalue weighted by Gasteiger charge is -2.16. The Bertz CT molecular complexity index is 605. The van der Waals surface area contributed by atoms with Crippen LogP contribution in [0.15, 0.2) is 12.1 Å². The molecule has 1 aromatic carbocycles. The Morgan fingerprint density at radius 2 is 1.54 bits per heavy atom. The first-order chi connectivity index (χ1) is 11.2. The van der Waals surface area contributed by atoms with Gasteiger partial charge in [0.15, 0.2) is 13.1 Å². The van der Waals surface area contributed by atoms with Crippen LogP contribution < -0.4 is 20.9 Å². The molecule has 4 N–H and O–H groups in total. The number of hydrogen-bond donors (Lipinski definition) is 4. The highest BCUT2D eigenvalue weighted by Crippen LogP contribution is 2.21. The molecular weight excluding hydrogens is 308 g/mol. The Labute approximate surface area is 142 Å². The van der Waals surface area contributed by atoms with Crippen molar-refractivity contribution in [3.05, 3.63) is 28.8 Å². The van der Waals surface area contributed by atoms with Gasteiger partial charge in [-0.1, -0.05) is 17.7 Å². The molecule has 0 aliphatic carbocycles. The van der Waals surface area contributed by atoms with Crippen molar-refractivity contribution in [2.45, 2.75) is 27.7 Å². The number of quaternary nitrogens is 1. The van der Waals surface area contributed by atoms with Gasteiger partial charge in [-0.2, -0.15) is 0 Å². The van der Waals surface area contributed by atoms with Gasteiger partial charge >= 0.3 is 6.03 Å². The number of hydrogen-bond acceptors (Lipinski definition) is 3. The molecule has 132 valence electrons. The van der Waals surface area contributed by atoms with E-state index in [2.05, 4.69) is 16.0 Å². The van der Waals surface area contributed by atoms with E-state index in [1.54, 1.807) is 14.0 Å². The van der Waals surface area contributed by atoms with Gasteiger partial charge < -0.3 is 15.5 Å². The van der Waals surface area contributed by atoms with Crippen molar-refractivity contribution in [3.8, 4) is 0 Å². The molecule has 0 radical (unpaired) electrons. The Morgan fingerprint density at radius 3 is 2.08 bits per heavy atom. The number of nitrogens with one attached hydrogen (secondary N) is 4. The average molecular weight is 335 g/mol. The molecule has 7 nitrogen and oxygen atoms in total. The van der Waals surface area contributed by atoms with Crippen molar-refractivity contribution in [2.24, 2.45) is 0 Å². The number of aryl methyl sites for hydroxylation is 3. The number of amides is 4. The lowest BCUT2D eigenvalue weighted by molar-refractivity contribution is -0.862.